The maximum absolute atomic E-state index is 13.0. The van der Waals surface area contributed by atoms with Crippen LogP contribution < -0.4 is 9.80 Å². The Balaban J connectivity index is 1.19. The highest BCUT2D eigenvalue weighted by atomic mass is 127. The third-order valence-corrected chi connectivity index (χ3v) is 7.77. The number of halogens is 4. The first-order chi connectivity index (χ1) is 16.3. The summed E-state index contributed by atoms with van der Waals surface area (Å²) in [6.07, 6.45) is 1.58. The fourth-order valence-electron chi connectivity index (χ4n) is 5.29. The second-order valence-corrected chi connectivity index (χ2v) is 10.5. The molecule has 3 aliphatic heterocycles. The van der Waals surface area contributed by atoms with Crippen molar-refractivity contribution >= 4 is 45.3 Å². The molecular formula is C22H23F3IN7O. The molecule has 1 unspecified atom stereocenters. The van der Waals surface area contributed by atoms with E-state index in [1.165, 1.54) is 6.20 Å². The summed E-state index contributed by atoms with van der Waals surface area (Å²) in [5.41, 5.74) is 1.35. The van der Waals surface area contributed by atoms with Crippen LogP contribution in [-0.4, -0.2) is 64.1 Å². The third-order valence-electron chi connectivity index (χ3n) is 7.05. The van der Waals surface area contributed by atoms with Gasteiger partial charge in [0, 0.05) is 50.1 Å². The number of hydrogen-bond donors (Lipinski definition) is 0. The minimum atomic E-state index is -4.44. The van der Waals surface area contributed by atoms with Crippen LogP contribution in [0.3, 0.4) is 0 Å². The molecule has 0 bridgehead atoms. The first-order valence-electron chi connectivity index (χ1n) is 11.3. The predicted octanol–water partition coefficient (Wildman–Crippen LogP) is 3.91. The van der Waals surface area contributed by atoms with Gasteiger partial charge in [-0.15, -0.1) is 0 Å². The van der Waals surface area contributed by atoms with E-state index in [0.717, 1.165) is 78.8 Å². The predicted molar refractivity (Wildman–Crippen MR) is 128 cm³/mol. The van der Waals surface area contributed by atoms with Gasteiger partial charge in [-0.05, 0) is 54.0 Å². The molecule has 6 heterocycles. The molecule has 1 atom stereocenters. The van der Waals surface area contributed by atoms with Gasteiger partial charge in [-0.2, -0.15) is 18.3 Å². The molecule has 1 spiro atoms. The molecule has 6 rings (SSSR count). The molecule has 0 amide bonds. The molecule has 34 heavy (non-hydrogen) atoms. The van der Waals surface area contributed by atoms with E-state index >= 15 is 0 Å². The first kappa shape index (κ1) is 22.3. The minimum Gasteiger partial charge on any atom is -0.379 e. The van der Waals surface area contributed by atoms with Gasteiger partial charge < -0.3 is 14.5 Å². The van der Waals surface area contributed by atoms with Crippen molar-refractivity contribution in [3.8, 4) is 0 Å². The van der Waals surface area contributed by atoms with Crippen LogP contribution in [0.2, 0.25) is 0 Å². The Hall–Kier alpha value is -2.22. The number of nitrogens with zero attached hydrogens (tertiary/aromatic N) is 7. The van der Waals surface area contributed by atoms with Crippen molar-refractivity contribution < 1.29 is 17.9 Å². The van der Waals surface area contributed by atoms with E-state index in [2.05, 4.69) is 37.5 Å². The van der Waals surface area contributed by atoms with Gasteiger partial charge in [0.25, 0.3) is 0 Å². The number of rotatable bonds is 3. The van der Waals surface area contributed by atoms with Gasteiger partial charge in [-0.3, -0.25) is 4.98 Å². The van der Waals surface area contributed by atoms with Crippen LogP contribution in [0.15, 0.2) is 24.5 Å². The Morgan fingerprint density at radius 1 is 1.15 bits per heavy atom. The summed E-state index contributed by atoms with van der Waals surface area (Å²) in [4.78, 5) is 17.3. The van der Waals surface area contributed by atoms with Crippen molar-refractivity contribution in [2.24, 2.45) is 5.41 Å². The van der Waals surface area contributed by atoms with Crippen LogP contribution >= 0.6 is 22.6 Å². The number of pyridine rings is 1. The summed E-state index contributed by atoms with van der Waals surface area (Å²) in [5, 5.41) is 4.69. The van der Waals surface area contributed by atoms with E-state index in [-0.39, 0.29) is 11.5 Å². The number of fused-ring (bicyclic) bond motifs is 1. The number of alkyl halides is 3. The summed E-state index contributed by atoms with van der Waals surface area (Å²) in [5.74, 6) is 0.820. The lowest BCUT2D eigenvalue weighted by molar-refractivity contribution is -0.141. The van der Waals surface area contributed by atoms with Crippen molar-refractivity contribution in [1.29, 1.82) is 0 Å². The lowest BCUT2D eigenvalue weighted by Gasteiger charge is -2.49. The molecule has 0 aromatic carbocycles. The SMILES string of the molecule is FC(F)(F)c1cc(N2CC3(CCN(c4cnc5c(I)nn(C6CCCOC6)c5n4)C3)C2)ccn1. The van der Waals surface area contributed by atoms with E-state index in [4.69, 9.17) is 14.8 Å². The Morgan fingerprint density at radius 3 is 2.74 bits per heavy atom. The van der Waals surface area contributed by atoms with E-state index < -0.39 is 11.9 Å². The summed E-state index contributed by atoms with van der Waals surface area (Å²) in [6.45, 7) is 4.50. The lowest BCUT2D eigenvalue weighted by Crippen LogP contribution is -2.57. The summed E-state index contributed by atoms with van der Waals surface area (Å²) in [7, 11) is 0. The molecule has 0 aliphatic carbocycles. The van der Waals surface area contributed by atoms with Gasteiger partial charge in [-0.25, -0.2) is 14.6 Å². The number of ether oxygens (including phenoxy) is 1. The van der Waals surface area contributed by atoms with E-state index in [0.29, 0.717) is 12.3 Å². The summed E-state index contributed by atoms with van der Waals surface area (Å²) < 4.78 is 47.5. The van der Waals surface area contributed by atoms with Gasteiger partial charge >= 0.3 is 6.18 Å². The zero-order chi connectivity index (χ0) is 23.5. The van der Waals surface area contributed by atoms with Crippen molar-refractivity contribution in [3.63, 3.8) is 0 Å². The Labute approximate surface area is 207 Å². The maximum atomic E-state index is 13.0. The molecule has 3 aliphatic rings. The monoisotopic (exact) mass is 585 g/mol. The molecule has 3 aromatic heterocycles. The van der Waals surface area contributed by atoms with E-state index in [1.54, 1.807) is 6.07 Å². The van der Waals surface area contributed by atoms with Crippen LogP contribution in [0.25, 0.3) is 11.2 Å². The molecule has 0 saturated carbocycles. The molecule has 3 aromatic rings. The summed E-state index contributed by atoms with van der Waals surface area (Å²) in [6, 6.07) is 2.94. The molecular weight excluding hydrogens is 562 g/mol. The number of hydrogen-bond acceptors (Lipinski definition) is 7. The molecule has 3 saturated heterocycles. The largest absolute Gasteiger partial charge is 0.433 e. The van der Waals surface area contributed by atoms with Gasteiger partial charge in [0.15, 0.2) is 9.35 Å². The van der Waals surface area contributed by atoms with Gasteiger partial charge in [0.05, 0.1) is 18.8 Å². The smallest absolute Gasteiger partial charge is 0.379 e. The number of anilines is 2. The second kappa shape index (κ2) is 8.18. The Kier molecular flexibility index (Phi) is 5.35. The van der Waals surface area contributed by atoms with Gasteiger partial charge in [-0.1, -0.05) is 0 Å². The zero-order valence-corrected chi connectivity index (χ0v) is 20.5. The molecule has 12 heteroatoms. The quantitative estimate of drug-likeness (QED) is 0.432. The molecule has 8 nitrogen and oxygen atoms in total. The van der Waals surface area contributed by atoms with Gasteiger partial charge in [0.2, 0.25) is 0 Å². The summed E-state index contributed by atoms with van der Waals surface area (Å²) >= 11 is 2.20. The van der Waals surface area contributed by atoms with Crippen molar-refractivity contribution in [1.82, 2.24) is 24.7 Å². The van der Waals surface area contributed by atoms with Crippen molar-refractivity contribution in [2.45, 2.75) is 31.5 Å². The average molecular weight is 585 g/mol. The fourth-order valence-corrected chi connectivity index (χ4v) is 5.91. The standard InChI is InChI=1S/C22H23F3IN7O/c23-22(24,25)16-8-14(3-5-27-16)32-12-21(13-32)4-6-31(11-21)17-9-28-18-19(26)30-33(20(18)29-17)15-2-1-7-34-10-15/h3,5,8-9,15H,1-2,4,6-7,10-13H2. The molecule has 0 radical (unpaired) electrons. The average Bonchev–Trinajstić information content (AvgIpc) is 3.40. The van der Waals surface area contributed by atoms with Gasteiger partial charge in [0.1, 0.15) is 17.0 Å². The van der Waals surface area contributed by atoms with E-state index in [1.807, 2.05) is 15.8 Å². The molecule has 0 N–H and O–H groups in total. The Bertz CT molecular complexity index is 1220. The number of aromatic nitrogens is 5. The normalized spacial score (nSPS) is 22.5. The lowest BCUT2D eigenvalue weighted by atomic mass is 9.79. The highest BCUT2D eigenvalue weighted by Gasteiger charge is 2.48. The Morgan fingerprint density at radius 2 is 1.97 bits per heavy atom. The zero-order valence-electron chi connectivity index (χ0n) is 18.3. The second-order valence-electron chi connectivity index (χ2n) is 9.43. The topological polar surface area (TPSA) is 72.2 Å². The highest BCUT2D eigenvalue weighted by molar-refractivity contribution is 14.1. The highest BCUT2D eigenvalue weighted by Crippen LogP contribution is 2.43. The first-order valence-corrected chi connectivity index (χ1v) is 12.4. The fraction of sp³-hybridized carbons (Fsp3) is 0.545. The van der Waals surface area contributed by atoms with Crippen LogP contribution in [0.4, 0.5) is 24.7 Å². The minimum absolute atomic E-state index is 0.0458. The van der Waals surface area contributed by atoms with Crippen LogP contribution in [0, 0.1) is 9.12 Å². The van der Waals surface area contributed by atoms with Crippen LogP contribution in [0.1, 0.15) is 31.0 Å². The van der Waals surface area contributed by atoms with E-state index in [9.17, 15) is 13.2 Å². The molecule has 3 fully saturated rings. The third kappa shape index (κ3) is 3.88. The van der Waals surface area contributed by atoms with Crippen molar-refractivity contribution in [2.75, 3.05) is 49.2 Å². The van der Waals surface area contributed by atoms with Crippen molar-refractivity contribution in [3.05, 3.63) is 33.9 Å². The van der Waals surface area contributed by atoms with Crippen LogP contribution in [-0.2, 0) is 10.9 Å². The van der Waals surface area contributed by atoms with Crippen LogP contribution in [0.5, 0.6) is 0 Å². The molecule has 180 valence electrons. The maximum Gasteiger partial charge on any atom is 0.433 e.